The van der Waals surface area contributed by atoms with E-state index in [0.717, 1.165) is 23.3 Å². The molecule has 0 unspecified atom stereocenters. The molecule has 2 aromatic carbocycles. The zero-order valence-electron chi connectivity index (χ0n) is 10.4. The quantitative estimate of drug-likeness (QED) is 0.756. The number of aromatic amines is 1. The zero-order chi connectivity index (χ0) is 13.2. The molecule has 0 amide bonds. The Morgan fingerprint density at radius 3 is 2.63 bits per heavy atom. The molecule has 0 radical (unpaired) electrons. The van der Waals surface area contributed by atoms with Gasteiger partial charge in [0.2, 0.25) is 0 Å². The highest BCUT2D eigenvalue weighted by atomic mass is 19.1. The number of H-pyrrole nitrogens is 1. The van der Waals surface area contributed by atoms with Crippen molar-refractivity contribution >= 4 is 11.0 Å². The van der Waals surface area contributed by atoms with Crippen LogP contribution in [0.5, 0.6) is 0 Å². The van der Waals surface area contributed by atoms with E-state index in [1.54, 1.807) is 6.07 Å². The van der Waals surface area contributed by atoms with Gasteiger partial charge in [0.15, 0.2) is 0 Å². The fourth-order valence-electron chi connectivity index (χ4n) is 2.11. The van der Waals surface area contributed by atoms with Crippen molar-refractivity contribution < 1.29 is 4.39 Å². The van der Waals surface area contributed by atoms with Gasteiger partial charge in [-0.15, -0.1) is 0 Å². The van der Waals surface area contributed by atoms with Crippen LogP contribution in [0.3, 0.4) is 0 Å². The predicted octanol–water partition coefficient (Wildman–Crippen LogP) is 2.87. The summed E-state index contributed by atoms with van der Waals surface area (Å²) in [6.07, 6.45) is 0.867. The Morgan fingerprint density at radius 1 is 1.11 bits per heavy atom. The number of rotatable bonds is 3. The third-order valence-corrected chi connectivity index (χ3v) is 3.10. The molecule has 96 valence electrons. The number of nitrogens with one attached hydrogen (secondary N) is 1. The van der Waals surface area contributed by atoms with Gasteiger partial charge in [0.05, 0.1) is 11.0 Å². The molecule has 0 aliphatic carbocycles. The maximum absolute atomic E-state index is 13.1. The Kier molecular flexibility index (Phi) is 3.01. The molecule has 0 spiro atoms. The highest BCUT2D eigenvalue weighted by Gasteiger charge is 2.06. The van der Waals surface area contributed by atoms with Gasteiger partial charge in [0.25, 0.3) is 0 Å². The van der Waals surface area contributed by atoms with Gasteiger partial charge in [0.1, 0.15) is 11.6 Å². The van der Waals surface area contributed by atoms with Gasteiger partial charge in [0, 0.05) is 5.56 Å². The van der Waals surface area contributed by atoms with Gasteiger partial charge in [-0.05, 0) is 36.7 Å². The molecule has 0 fully saturated rings. The van der Waals surface area contributed by atoms with E-state index in [1.165, 1.54) is 17.7 Å². The predicted molar refractivity (Wildman–Crippen MR) is 74.2 cm³/mol. The summed E-state index contributed by atoms with van der Waals surface area (Å²) >= 11 is 0. The normalized spacial score (nSPS) is 11.1. The minimum Gasteiger partial charge on any atom is -0.338 e. The number of nitrogens with two attached hydrogens (primary N) is 1. The van der Waals surface area contributed by atoms with Gasteiger partial charge in [-0.3, -0.25) is 0 Å². The summed E-state index contributed by atoms with van der Waals surface area (Å²) in [7, 11) is 0. The van der Waals surface area contributed by atoms with E-state index in [0.29, 0.717) is 12.1 Å². The standard InChI is InChI=1S/C15H14FN3/c16-12-5-6-13-14(9-12)19-15(18-13)11-3-1-10(2-4-11)7-8-17/h1-6,9H,7-8,17H2,(H,18,19). The third kappa shape index (κ3) is 2.35. The summed E-state index contributed by atoms with van der Waals surface area (Å²) in [4.78, 5) is 7.58. The fourth-order valence-corrected chi connectivity index (χ4v) is 2.11. The van der Waals surface area contributed by atoms with Crippen molar-refractivity contribution in [2.45, 2.75) is 6.42 Å². The van der Waals surface area contributed by atoms with E-state index in [1.807, 2.05) is 24.3 Å². The lowest BCUT2D eigenvalue weighted by Crippen LogP contribution is -2.02. The second-order valence-electron chi connectivity index (χ2n) is 4.48. The summed E-state index contributed by atoms with van der Waals surface area (Å²) < 4.78 is 13.1. The largest absolute Gasteiger partial charge is 0.338 e. The minimum atomic E-state index is -0.263. The molecule has 19 heavy (non-hydrogen) atoms. The molecule has 3 nitrogen and oxygen atoms in total. The van der Waals surface area contributed by atoms with Crippen molar-refractivity contribution in [3.05, 3.63) is 53.8 Å². The number of halogens is 1. The van der Waals surface area contributed by atoms with Crippen LogP contribution in [0.1, 0.15) is 5.56 Å². The van der Waals surface area contributed by atoms with Gasteiger partial charge in [-0.25, -0.2) is 9.37 Å². The van der Waals surface area contributed by atoms with Crippen LogP contribution >= 0.6 is 0 Å². The van der Waals surface area contributed by atoms with E-state index in [9.17, 15) is 4.39 Å². The van der Waals surface area contributed by atoms with Crippen LogP contribution in [0.4, 0.5) is 4.39 Å². The summed E-state index contributed by atoms with van der Waals surface area (Å²) in [5.41, 5.74) is 9.18. The molecule has 0 aliphatic rings. The van der Waals surface area contributed by atoms with Crippen LogP contribution < -0.4 is 5.73 Å². The Hall–Kier alpha value is -2.20. The topological polar surface area (TPSA) is 54.7 Å². The summed E-state index contributed by atoms with van der Waals surface area (Å²) in [6, 6.07) is 12.6. The number of imidazole rings is 1. The minimum absolute atomic E-state index is 0.263. The smallest absolute Gasteiger partial charge is 0.138 e. The second kappa shape index (κ2) is 4.82. The molecule has 0 atom stereocenters. The highest BCUT2D eigenvalue weighted by molar-refractivity contribution is 5.79. The molecule has 1 heterocycles. The van der Waals surface area contributed by atoms with Crippen LogP contribution in [0.2, 0.25) is 0 Å². The average molecular weight is 255 g/mol. The molecule has 3 aromatic rings. The molecule has 3 rings (SSSR count). The molecule has 0 aliphatic heterocycles. The van der Waals surface area contributed by atoms with E-state index in [2.05, 4.69) is 9.97 Å². The first-order chi connectivity index (χ1) is 9.26. The van der Waals surface area contributed by atoms with Crippen LogP contribution in [0.15, 0.2) is 42.5 Å². The van der Waals surface area contributed by atoms with Crippen LogP contribution in [0, 0.1) is 5.82 Å². The number of hydrogen-bond donors (Lipinski definition) is 2. The van der Waals surface area contributed by atoms with Crippen LogP contribution in [-0.4, -0.2) is 16.5 Å². The number of benzene rings is 2. The lowest BCUT2D eigenvalue weighted by Gasteiger charge is -2.00. The van der Waals surface area contributed by atoms with Gasteiger partial charge >= 0.3 is 0 Å². The molecule has 3 N–H and O–H groups in total. The third-order valence-electron chi connectivity index (χ3n) is 3.10. The Morgan fingerprint density at radius 2 is 1.89 bits per heavy atom. The van der Waals surface area contributed by atoms with Gasteiger partial charge in [-0.2, -0.15) is 0 Å². The van der Waals surface area contributed by atoms with Crippen molar-refractivity contribution in [2.24, 2.45) is 5.73 Å². The Bertz CT molecular complexity index is 701. The van der Waals surface area contributed by atoms with Crippen LogP contribution in [-0.2, 0) is 6.42 Å². The van der Waals surface area contributed by atoms with Crippen molar-refractivity contribution in [1.29, 1.82) is 0 Å². The van der Waals surface area contributed by atoms with E-state index < -0.39 is 0 Å². The maximum Gasteiger partial charge on any atom is 0.138 e. The zero-order valence-corrected chi connectivity index (χ0v) is 10.4. The highest BCUT2D eigenvalue weighted by Crippen LogP contribution is 2.21. The number of nitrogens with zero attached hydrogens (tertiary/aromatic N) is 1. The van der Waals surface area contributed by atoms with E-state index >= 15 is 0 Å². The van der Waals surface area contributed by atoms with Crippen molar-refractivity contribution in [3.63, 3.8) is 0 Å². The van der Waals surface area contributed by atoms with Gasteiger partial charge in [-0.1, -0.05) is 24.3 Å². The number of aromatic nitrogens is 2. The average Bonchev–Trinajstić information content (AvgIpc) is 2.83. The van der Waals surface area contributed by atoms with E-state index in [-0.39, 0.29) is 5.82 Å². The molecule has 1 aromatic heterocycles. The summed E-state index contributed by atoms with van der Waals surface area (Å²) in [5.74, 6) is 0.487. The summed E-state index contributed by atoms with van der Waals surface area (Å²) in [5, 5.41) is 0. The Labute approximate surface area is 110 Å². The fraction of sp³-hybridized carbons (Fsp3) is 0.133. The lowest BCUT2D eigenvalue weighted by atomic mass is 10.1. The first kappa shape index (κ1) is 11.9. The van der Waals surface area contributed by atoms with Crippen molar-refractivity contribution in [1.82, 2.24) is 9.97 Å². The Balaban J connectivity index is 1.99. The molecule has 0 bridgehead atoms. The molecule has 0 saturated carbocycles. The van der Waals surface area contributed by atoms with E-state index in [4.69, 9.17) is 5.73 Å². The monoisotopic (exact) mass is 255 g/mol. The lowest BCUT2D eigenvalue weighted by molar-refractivity contribution is 0.629. The summed E-state index contributed by atoms with van der Waals surface area (Å²) in [6.45, 7) is 0.642. The van der Waals surface area contributed by atoms with Crippen LogP contribution in [0.25, 0.3) is 22.4 Å². The van der Waals surface area contributed by atoms with Gasteiger partial charge < -0.3 is 10.7 Å². The number of fused-ring (bicyclic) bond motifs is 1. The maximum atomic E-state index is 13.1. The SMILES string of the molecule is NCCc1ccc(-c2nc3ccc(F)cc3[nH]2)cc1. The van der Waals surface area contributed by atoms with Crippen molar-refractivity contribution in [2.75, 3.05) is 6.54 Å². The number of hydrogen-bond acceptors (Lipinski definition) is 2. The second-order valence-corrected chi connectivity index (χ2v) is 4.48. The molecule has 4 heteroatoms. The van der Waals surface area contributed by atoms with Crippen molar-refractivity contribution in [3.8, 4) is 11.4 Å². The molecule has 0 saturated heterocycles. The molecular formula is C15H14FN3. The first-order valence-corrected chi connectivity index (χ1v) is 6.21. The first-order valence-electron chi connectivity index (χ1n) is 6.21. The molecular weight excluding hydrogens is 241 g/mol.